The van der Waals surface area contributed by atoms with Crippen LogP contribution in [-0.2, 0) is 4.79 Å². The number of nitrogens with one attached hydrogen (secondary N) is 1. The number of rotatable bonds is 7. The van der Waals surface area contributed by atoms with Crippen molar-refractivity contribution in [1.29, 1.82) is 0 Å². The van der Waals surface area contributed by atoms with Gasteiger partial charge in [0.05, 0.1) is 11.9 Å². The van der Waals surface area contributed by atoms with Crippen LogP contribution in [-0.4, -0.2) is 34.7 Å². The Morgan fingerprint density at radius 1 is 1.50 bits per heavy atom. The summed E-state index contributed by atoms with van der Waals surface area (Å²) in [6.45, 7) is 6.64. The van der Waals surface area contributed by atoms with Crippen LogP contribution in [0.1, 0.15) is 33.6 Å². The Balaban J connectivity index is 3.35. The van der Waals surface area contributed by atoms with Crippen molar-refractivity contribution in [2.45, 2.75) is 45.0 Å². The van der Waals surface area contributed by atoms with E-state index >= 15 is 0 Å². The van der Waals surface area contributed by atoms with Crippen LogP contribution in [0.5, 0.6) is 0 Å². The van der Waals surface area contributed by atoms with Crippen LogP contribution < -0.4 is 5.32 Å². The van der Waals surface area contributed by atoms with Crippen LogP contribution in [0.25, 0.3) is 0 Å². The van der Waals surface area contributed by atoms with Gasteiger partial charge in [-0.05, 0) is 18.1 Å². The van der Waals surface area contributed by atoms with E-state index in [0.717, 1.165) is 6.42 Å². The molecular formula is C10H21NO2S. The topological polar surface area (TPSA) is 49.3 Å². The molecule has 0 fully saturated rings. The lowest BCUT2D eigenvalue weighted by Crippen LogP contribution is -2.28. The molecule has 0 aromatic carbocycles. The molecule has 14 heavy (non-hydrogen) atoms. The van der Waals surface area contributed by atoms with Gasteiger partial charge < -0.3 is 10.4 Å². The van der Waals surface area contributed by atoms with E-state index in [4.69, 9.17) is 0 Å². The quantitative estimate of drug-likeness (QED) is 0.680. The first kappa shape index (κ1) is 13.8. The zero-order chi connectivity index (χ0) is 11.0. The molecule has 0 radical (unpaired) electrons. The average Bonchev–Trinajstić information content (AvgIpc) is 2.14. The van der Waals surface area contributed by atoms with Crippen LogP contribution in [0, 0.1) is 0 Å². The minimum Gasteiger partial charge on any atom is -0.393 e. The fourth-order valence-electron chi connectivity index (χ4n) is 0.876. The summed E-state index contributed by atoms with van der Waals surface area (Å²) in [6, 6.07) is 0. The summed E-state index contributed by atoms with van der Waals surface area (Å²) in [7, 11) is 0. The highest BCUT2D eigenvalue weighted by Gasteiger charge is 2.04. The molecule has 0 heterocycles. The Labute approximate surface area is 90.7 Å². The molecule has 0 aliphatic rings. The number of hydrogen-bond donors (Lipinski definition) is 2. The fraction of sp³-hybridized carbons (Fsp3) is 0.900. The van der Waals surface area contributed by atoms with Crippen LogP contribution in [0.15, 0.2) is 0 Å². The molecule has 4 heteroatoms. The maximum absolute atomic E-state index is 11.2. The third-order valence-electron chi connectivity index (χ3n) is 1.82. The molecule has 1 unspecified atom stereocenters. The molecule has 0 rings (SSSR count). The monoisotopic (exact) mass is 219 g/mol. The van der Waals surface area contributed by atoms with Gasteiger partial charge in [0.25, 0.3) is 0 Å². The standard InChI is InChI=1S/C10H21NO2S/c1-4-9(12)5-6-11-10(13)7-14-8(2)3/h8-9,12H,4-7H2,1-3H3,(H,11,13). The van der Waals surface area contributed by atoms with Gasteiger partial charge in [0, 0.05) is 6.54 Å². The number of amides is 1. The molecule has 0 aliphatic heterocycles. The number of carbonyl (C=O) groups excluding carboxylic acids is 1. The molecule has 0 aromatic rings. The van der Waals surface area contributed by atoms with Gasteiger partial charge in [0.1, 0.15) is 0 Å². The van der Waals surface area contributed by atoms with E-state index in [0.29, 0.717) is 24.0 Å². The first-order valence-electron chi connectivity index (χ1n) is 5.12. The van der Waals surface area contributed by atoms with Crippen LogP contribution in [0.2, 0.25) is 0 Å². The van der Waals surface area contributed by atoms with Crippen molar-refractivity contribution in [3.8, 4) is 0 Å². The van der Waals surface area contributed by atoms with Gasteiger partial charge in [-0.15, -0.1) is 11.8 Å². The molecule has 0 aromatic heterocycles. The molecule has 2 N–H and O–H groups in total. The zero-order valence-electron chi connectivity index (χ0n) is 9.25. The maximum atomic E-state index is 11.2. The predicted molar refractivity (Wildman–Crippen MR) is 61.5 cm³/mol. The Morgan fingerprint density at radius 3 is 2.64 bits per heavy atom. The Kier molecular flexibility index (Phi) is 7.99. The third-order valence-corrected chi connectivity index (χ3v) is 2.91. The number of carbonyl (C=O) groups is 1. The number of hydrogen-bond acceptors (Lipinski definition) is 3. The van der Waals surface area contributed by atoms with Crippen molar-refractivity contribution >= 4 is 17.7 Å². The lowest BCUT2D eigenvalue weighted by atomic mass is 10.2. The second-order valence-electron chi connectivity index (χ2n) is 3.56. The molecule has 84 valence electrons. The minimum absolute atomic E-state index is 0.0620. The summed E-state index contributed by atoms with van der Waals surface area (Å²) in [5.41, 5.74) is 0. The van der Waals surface area contributed by atoms with E-state index in [1.54, 1.807) is 11.8 Å². The van der Waals surface area contributed by atoms with Gasteiger partial charge >= 0.3 is 0 Å². The van der Waals surface area contributed by atoms with Crippen molar-refractivity contribution in [2.24, 2.45) is 0 Å². The lowest BCUT2D eigenvalue weighted by Gasteiger charge is -2.09. The fourth-order valence-corrected chi connectivity index (χ4v) is 1.46. The van der Waals surface area contributed by atoms with E-state index < -0.39 is 0 Å². The molecule has 1 atom stereocenters. The molecule has 0 aliphatic carbocycles. The van der Waals surface area contributed by atoms with Gasteiger partial charge in [-0.3, -0.25) is 4.79 Å². The largest absolute Gasteiger partial charge is 0.393 e. The first-order valence-corrected chi connectivity index (χ1v) is 6.17. The second-order valence-corrected chi connectivity index (χ2v) is 5.13. The van der Waals surface area contributed by atoms with Crippen LogP contribution >= 0.6 is 11.8 Å². The molecule has 0 spiro atoms. The predicted octanol–water partition coefficient (Wildman–Crippen LogP) is 1.41. The van der Waals surface area contributed by atoms with E-state index in [1.165, 1.54) is 0 Å². The summed E-state index contributed by atoms with van der Waals surface area (Å²) in [5, 5.41) is 12.5. The lowest BCUT2D eigenvalue weighted by molar-refractivity contribution is -0.118. The van der Waals surface area contributed by atoms with Crippen molar-refractivity contribution < 1.29 is 9.90 Å². The Bertz CT molecular complexity index is 162. The van der Waals surface area contributed by atoms with Crippen LogP contribution in [0.4, 0.5) is 0 Å². The van der Waals surface area contributed by atoms with Crippen LogP contribution in [0.3, 0.4) is 0 Å². The van der Waals surface area contributed by atoms with Gasteiger partial charge in [-0.2, -0.15) is 0 Å². The zero-order valence-corrected chi connectivity index (χ0v) is 10.1. The van der Waals surface area contributed by atoms with Crippen molar-refractivity contribution in [3.63, 3.8) is 0 Å². The van der Waals surface area contributed by atoms with Crippen molar-refractivity contribution in [3.05, 3.63) is 0 Å². The molecule has 3 nitrogen and oxygen atoms in total. The Hall–Kier alpha value is -0.220. The third kappa shape index (κ3) is 8.38. The Morgan fingerprint density at radius 2 is 2.14 bits per heavy atom. The number of thioether (sulfide) groups is 1. The number of aliphatic hydroxyl groups is 1. The summed E-state index contributed by atoms with van der Waals surface area (Å²) in [5.74, 6) is 0.576. The summed E-state index contributed by atoms with van der Waals surface area (Å²) >= 11 is 1.63. The highest BCUT2D eigenvalue weighted by atomic mass is 32.2. The summed E-state index contributed by atoms with van der Waals surface area (Å²) in [4.78, 5) is 11.2. The first-order chi connectivity index (χ1) is 6.56. The number of aliphatic hydroxyl groups excluding tert-OH is 1. The van der Waals surface area contributed by atoms with Gasteiger partial charge in [-0.1, -0.05) is 20.8 Å². The average molecular weight is 219 g/mol. The van der Waals surface area contributed by atoms with Gasteiger partial charge in [0.15, 0.2) is 0 Å². The molecular weight excluding hydrogens is 198 g/mol. The second kappa shape index (κ2) is 8.12. The molecule has 1 amide bonds. The van der Waals surface area contributed by atoms with E-state index in [-0.39, 0.29) is 12.0 Å². The van der Waals surface area contributed by atoms with Crippen molar-refractivity contribution in [1.82, 2.24) is 5.32 Å². The smallest absolute Gasteiger partial charge is 0.230 e. The highest BCUT2D eigenvalue weighted by molar-refractivity contribution is 8.00. The molecule has 0 saturated carbocycles. The van der Waals surface area contributed by atoms with E-state index in [1.807, 2.05) is 6.92 Å². The van der Waals surface area contributed by atoms with Gasteiger partial charge in [-0.25, -0.2) is 0 Å². The normalized spacial score (nSPS) is 12.9. The van der Waals surface area contributed by atoms with Gasteiger partial charge in [0.2, 0.25) is 5.91 Å². The summed E-state index contributed by atoms with van der Waals surface area (Å²) < 4.78 is 0. The van der Waals surface area contributed by atoms with E-state index in [2.05, 4.69) is 19.2 Å². The highest BCUT2D eigenvalue weighted by Crippen LogP contribution is 2.07. The summed E-state index contributed by atoms with van der Waals surface area (Å²) in [6.07, 6.45) is 1.11. The SMILES string of the molecule is CCC(O)CCNC(=O)CSC(C)C. The van der Waals surface area contributed by atoms with E-state index in [9.17, 15) is 9.90 Å². The van der Waals surface area contributed by atoms with Crippen molar-refractivity contribution in [2.75, 3.05) is 12.3 Å². The minimum atomic E-state index is -0.284. The molecule has 0 bridgehead atoms. The molecule has 0 saturated heterocycles. The maximum Gasteiger partial charge on any atom is 0.230 e.